The minimum absolute atomic E-state index is 0.395. The van der Waals surface area contributed by atoms with Crippen LogP contribution in [0.25, 0.3) is 0 Å². The first-order chi connectivity index (χ1) is 10.6. The quantitative estimate of drug-likeness (QED) is 0.839. The van der Waals surface area contributed by atoms with Gasteiger partial charge in [-0.3, -0.25) is 4.90 Å². The summed E-state index contributed by atoms with van der Waals surface area (Å²) in [5.74, 6) is 0.891. The van der Waals surface area contributed by atoms with E-state index in [1.54, 1.807) is 7.11 Å². The Kier molecular flexibility index (Phi) is 11.9. The number of carbonyl (C=O) groups excluding carboxylic acids is 1. The van der Waals surface area contributed by atoms with E-state index in [0.29, 0.717) is 6.54 Å². The van der Waals surface area contributed by atoms with Gasteiger partial charge in [0, 0.05) is 25.2 Å². The van der Waals surface area contributed by atoms with Crippen LogP contribution in [0.4, 0.5) is 4.79 Å². The highest BCUT2D eigenvalue weighted by Crippen LogP contribution is 2.18. The molecular formula is C17H30N2O3. The summed E-state index contributed by atoms with van der Waals surface area (Å²) < 4.78 is 9.87. The summed E-state index contributed by atoms with van der Waals surface area (Å²) in [6.07, 6.45) is 0.855. The lowest BCUT2D eigenvalue weighted by Gasteiger charge is -2.21. The predicted octanol–water partition coefficient (Wildman–Crippen LogP) is 3.29. The fraction of sp³-hybridized carbons (Fsp3) is 0.588. The molecule has 0 aromatic heterocycles. The summed E-state index contributed by atoms with van der Waals surface area (Å²) in [4.78, 5) is 13.2. The summed E-state index contributed by atoms with van der Waals surface area (Å²) in [5.41, 5.74) is 1.14. The Morgan fingerprint density at radius 1 is 1.18 bits per heavy atom. The molecule has 0 unspecified atom stereocenters. The Balaban J connectivity index is 0.00000135. The van der Waals surface area contributed by atoms with Gasteiger partial charge < -0.3 is 14.8 Å². The normalized spacial score (nSPS) is 9.73. The third-order valence-electron chi connectivity index (χ3n) is 2.92. The van der Waals surface area contributed by atoms with E-state index in [9.17, 15) is 4.79 Å². The molecule has 22 heavy (non-hydrogen) atoms. The smallest absolute Gasteiger partial charge is 0.406 e. The summed E-state index contributed by atoms with van der Waals surface area (Å²) in [5, 5.41) is 2.68. The van der Waals surface area contributed by atoms with Crippen LogP contribution in [0.5, 0.6) is 5.75 Å². The number of nitrogens with one attached hydrogen (secondary N) is 1. The molecule has 1 rings (SSSR count). The number of benzene rings is 1. The van der Waals surface area contributed by atoms with Gasteiger partial charge in [0.05, 0.1) is 14.2 Å². The minimum Gasteiger partial charge on any atom is -0.496 e. The van der Waals surface area contributed by atoms with Gasteiger partial charge >= 0.3 is 6.09 Å². The highest BCUT2D eigenvalue weighted by molar-refractivity contribution is 5.66. The second-order valence-corrected chi connectivity index (χ2v) is 4.81. The van der Waals surface area contributed by atoms with Crippen LogP contribution in [-0.2, 0) is 11.3 Å². The number of para-hydroxylation sites is 1. The number of alkyl carbamates (subject to hydrolysis) is 1. The molecule has 0 aliphatic rings. The van der Waals surface area contributed by atoms with Crippen molar-refractivity contribution in [2.24, 2.45) is 0 Å². The van der Waals surface area contributed by atoms with Crippen molar-refractivity contribution in [3.63, 3.8) is 0 Å². The molecule has 0 saturated heterocycles. The first-order valence-electron chi connectivity index (χ1n) is 7.78. The molecule has 126 valence electrons. The topological polar surface area (TPSA) is 50.8 Å². The van der Waals surface area contributed by atoms with Gasteiger partial charge in [0.2, 0.25) is 0 Å². The molecule has 0 bridgehead atoms. The highest BCUT2D eigenvalue weighted by atomic mass is 16.5. The molecule has 1 aromatic carbocycles. The number of hydrogen-bond donors (Lipinski definition) is 1. The monoisotopic (exact) mass is 310 g/mol. The van der Waals surface area contributed by atoms with E-state index in [2.05, 4.69) is 41.8 Å². The van der Waals surface area contributed by atoms with Crippen molar-refractivity contribution < 1.29 is 14.3 Å². The second-order valence-electron chi connectivity index (χ2n) is 4.81. The molecule has 0 radical (unpaired) electrons. The molecule has 1 aromatic rings. The number of likely N-dealkylation sites (N-methyl/N-ethyl adjacent to an activating group) is 1. The Bertz CT molecular complexity index is 411. The third kappa shape index (κ3) is 8.52. The maximum atomic E-state index is 11.0. The summed E-state index contributed by atoms with van der Waals surface area (Å²) in [6, 6.07) is 7.96. The average Bonchev–Trinajstić information content (AvgIpc) is 2.54. The van der Waals surface area contributed by atoms with Crippen molar-refractivity contribution in [1.29, 1.82) is 0 Å². The number of ether oxygens (including phenoxy) is 2. The molecule has 1 amide bonds. The van der Waals surface area contributed by atoms with E-state index in [4.69, 9.17) is 4.74 Å². The van der Waals surface area contributed by atoms with Crippen molar-refractivity contribution in [1.82, 2.24) is 10.2 Å². The first kappa shape index (κ1) is 20.2. The second kappa shape index (κ2) is 13.0. The van der Waals surface area contributed by atoms with Crippen LogP contribution in [0.1, 0.15) is 32.8 Å². The summed E-state index contributed by atoms with van der Waals surface area (Å²) in [7, 11) is 3.04. The molecule has 0 spiro atoms. The number of amides is 1. The maximum Gasteiger partial charge on any atom is 0.406 e. The van der Waals surface area contributed by atoms with Crippen LogP contribution in [0.3, 0.4) is 0 Å². The predicted molar refractivity (Wildman–Crippen MR) is 90.3 cm³/mol. The molecular weight excluding hydrogens is 280 g/mol. The van der Waals surface area contributed by atoms with Crippen LogP contribution in [0, 0.1) is 0 Å². The van der Waals surface area contributed by atoms with E-state index in [0.717, 1.165) is 30.9 Å². The van der Waals surface area contributed by atoms with Crippen molar-refractivity contribution >= 4 is 6.09 Å². The van der Waals surface area contributed by atoms with Crippen LogP contribution >= 0.6 is 0 Å². The third-order valence-corrected chi connectivity index (χ3v) is 2.92. The molecule has 0 aliphatic heterocycles. The fourth-order valence-corrected chi connectivity index (χ4v) is 1.81. The molecule has 5 nitrogen and oxygen atoms in total. The number of rotatable bonds is 7. The minimum atomic E-state index is -0.395. The van der Waals surface area contributed by atoms with Gasteiger partial charge in [-0.05, 0) is 12.6 Å². The molecule has 0 heterocycles. The lowest BCUT2D eigenvalue weighted by atomic mass is 10.2. The molecule has 5 heteroatoms. The van der Waals surface area contributed by atoms with E-state index in [1.165, 1.54) is 13.5 Å². The fourth-order valence-electron chi connectivity index (χ4n) is 1.81. The van der Waals surface area contributed by atoms with Gasteiger partial charge in [-0.15, -0.1) is 0 Å². The van der Waals surface area contributed by atoms with Crippen LogP contribution in [-0.4, -0.2) is 44.8 Å². The van der Waals surface area contributed by atoms with Crippen LogP contribution in [0.15, 0.2) is 24.3 Å². The van der Waals surface area contributed by atoms with Gasteiger partial charge in [0.1, 0.15) is 5.75 Å². The largest absolute Gasteiger partial charge is 0.496 e. The zero-order valence-electron chi connectivity index (χ0n) is 14.5. The summed E-state index contributed by atoms with van der Waals surface area (Å²) >= 11 is 0. The molecule has 0 fully saturated rings. The van der Waals surface area contributed by atoms with E-state index in [-0.39, 0.29) is 0 Å². The zero-order chi connectivity index (χ0) is 16.8. The number of hydrogen-bond acceptors (Lipinski definition) is 4. The number of methoxy groups -OCH3 is 2. The van der Waals surface area contributed by atoms with Gasteiger partial charge in [-0.2, -0.15) is 0 Å². The van der Waals surface area contributed by atoms with Gasteiger partial charge in [-0.25, -0.2) is 4.79 Å². The first-order valence-corrected chi connectivity index (χ1v) is 7.78. The van der Waals surface area contributed by atoms with E-state index >= 15 is 0 Å². The van der Waals surface area contributed by atoms with E-state index < -0.39 is 6.09 Å². The van der Waals surface area contributed by atoms with Gasteiger partial charge in [0.15, 0.2) is 0 Å². The van der Waals surface area contributed by atoms with Gasteiger partial charge in [0.25, 0.3) is 0 Å². The van der Waals surface area contributed by atoms with Crippen molar-refractivity contribution in [3.8, 4) is 5.75 Å². The molecule has 0 atom stereocenters. The number of nitrogens with zero attached hydrogens (tertiary/aromatic N) is 1. The maximum absolute atomic E-state index is 11.0. The van der Waals surface area contributed by atoms with Crippen molar-refractivity contribution in [3.05, 3.63) is 29.8 Å². The van der Waals surface area contributed by atoms with Crippen molar-refractivity contribution in [2.75, 3.05) is 33.9 Å². The molecule has 0 saturated carbocycles. The zero-order valence-corrected chi connectivity index (χ0v) is 14.5. The van der Waals surface area contributed by atoms with Gasteiger partial charge in [-0.1, -0.05) is 45.4 Å². The Labute approximate surface area is 134 Å². The molecule has 1 N–H and O–H groups in total. The molecule has 0 aliphatic carbocycles. The highest BCUT2D eigenvalue weighted by Gasteiger charge is 2.08. The standard InChI is InChI=1S/C14H22N2O3.C3H8/c1-4-16(10-9-15-14(17)19-3)11-12-7-5-6-8-13(12)18-2;1-3-2/h5-8H,4,9-11H2,1-3H3,(H,15,17);3H2,1-2H3. The lowest BCUT2D eigenvalue weighted by molar-refractivity contribution is 0.168. The summed E-state index contributed by atoms with van der Waals surface area (Å²) in [6.45, 7) is 9.37. The Morgan fingerprint density at radius 2 is 1.82 bits per heavy atom. The Hall–Kier alpha value is -1.75. The van der Waals surface area contributed by atoms with Crippen LogP contribution < -0.4 is 10.1 Å². The lowest BCUT2D eigenvalue weighted by Crippen LogP contribution is -2.34. The van der Waals surface area contributed by atoms with Crippen molar-refractivity contribution in [2.45, 2.75) is 33.7 Å². The Morgan fingerprint density at radius 3 is 2.36 bits per heavy atom. The SMILES string of the molecule is CCC.CCN(CCNC(=O)OC)Cc1ccccc1OC. The van der Waals surface area contributed by atoms with E-state index in [1.807, 2.05) is 18.2 Å². The number of carbonyl (C=O) groups is 1. The average molecular weight is 310 g/mol. The van der Waals surface area contributed by atoms with Crippen LogP contribution in [0.2, 0.25) is 0 Å².